The van der Waals surface area contributed by atoms with Gasteiger partial charge in [-0.1, -0.05) is 232 Å². The molecule has 0 heterocycles. The van der Waals surface area contributed by atoms with Crippen LogP contribution in [0.4, 0.5) is 0 Å². The SMILES string of the molecule is CCCCCCCCCC/C=C\CCCCCCCCCCCCCCCC(=O)OCC(COC(=O)CCCCCCC)OC(=O)CCCCCCCCCCCC. The zero-order chi connectivity index (χ0) is 42.3. The molecule has 0 aromatic rings. The van der Waals surface area contributed by atoms with E-state index in [0.29, 0.717) is 19.3 Å². The Balaban J connectivity index is 3.96. The van der Waals surface area contributed by atoms with Gasteiger partial charge in [0.1, 0.15) is 13.2 Å². The predicted molar refractivity (Wildman–Crippen MR) is 247 cm³/mol. The van der Waals surface area contributed by atoms with Crippen molar-refractivity contribution in [3.8, 4) is 0 Å². The van der Waals surface area contributed by atoms with Crippen molar-refractivity contribution < 1.29 is 28.6 Å². The summed E-state index contributed by atoms with van der Waals surface area (Å²) in [5.74, 6) is -0.870. The summed E-state index contributed by atoms with van der Waals surface area (Å²) < 4.78 is 16.6. The maximum atomic E-state index is 12.6. The fourth-order valence-electron chi connectivity index (χ4n) is 7.61. The quantitative estimate of drug-likeness (QED) is 0.0263. The molecule has 0 radical (unpaired) electrons. The lowest BCUT2D eigenvalue weighted by molar-refractivity contribution is -0.167. The van der Waals surface area contributed by atoms with Gasteiger partial charge in [0.25, 0.3) is 0 Å². The molecule has 0 aliphatic rings. The van der Waals surface area contributed by atoms with Gasteiger partial charge in [-0.3, -0.25) is 14.4 Å². The lowest BCUT2D eigenvalue weighted by Gasteiger charge is -2.18. The van der Waals surface area contributed by atoms with Crippen molar-refractivity contribution >= 4 is 17.9 Å². The van der Waals surface area contributed by atoms with Crippen LogP contribution >= 0.6 is 0 Å². The summed E-state index contributed by atoms with van der Waals surface area (Å²) in [5, 5.41) is 0. The third-order valence-electron chi connectivity index (χ3n) is 11.5. The maximum Gasteiger partial charge on any atom is 0.306 e. The molecule has 0 N–H and O–H groups in total. The highest BCUT2D eigenvalue weighted by molar-refractivity contribution is 5.71. The molecule has 0 rings (SSSR count). The summed E-state index contributed by atoms with van der Waals surface area (Å²) in [5.41, 5.74) is 0. The third-order valence-corrected chi connectivity index (χ3v) is 11.5. The Morgan fingerprint density at radius 1 is 0.328 bits per heavy atom. The lowest BCUT2D eigenvalue weighted by atomic mass is 10.0. The summed E-state index contributed by atoms with van der Waals surface area (Å²) in [6.45, 7) is 6.57. The Labute approximate surface area is 360 Å². The first-order valence-corrected chi connectivity index (χ1v) is 25.7. The Morgan fingerprint density at radius 2 is 0.569 bits per heavy atom. The smallest absolute Gasteiger partial charge is 0.306 e. The van der Waals surface area contributed by atoms with Gasteiger partial charge in [0, 0.05) is 19.3 Å². The second kappa shape index (κ2) is 47.8. The molecule has 0 saturated heterocycles. The number of hydrogen-bond acceptors (Lipinski definition) is 6. The fourth-order valence-corrected chi connectivity index (χ4v) is 7.61. The van der Waals surface area contributed by atoms with E-state index in [-0.39, 0.29) is 31.1 Å². The molecule has 0 bridgehead atoms. The van der Waals surface area contributed by atoms with Crippen molar-refractivity contribution in [1.29, 1.82) is 0 Å². The van der Waals surface area contributed by atoms with Gasteiger partial charge in [-0.2, -0.15) is 0 Å². The number of ether oxygens (including phenoxy) is 3. The van der Waals surface area contributed by atoms with Crippen LogP contribution in [0, 0.1) is 0 Å². The molecule has 0 aromatic heterocycles. The van der Waals surface area contributed by atoms with Gasteiger partial charge in [-0.05, 0) is 44.9 Å². The van der Waals surface area contributed by atoms with E-state index in [0.717, 1.165) is 64.2 Å². The van der Waals surface area contributed by atoms with E-state index in [2.05, 4.69) is 32.9 Å². The fraction of sp³-hybridized carbons (Fsp3) is 0.904. The number of esters is 3. The van der Waals surface area contributed by atoms with Crippen LogP contribution in [0.15, 0.2) is 12.2 Å². The van der Waals surface area contributed by atoms with Gasteiger partial charge >= 0.3 is 17.9 Å². The first-order valence-electron chi connectivity index (χ1n) is 25.7. The minimum Gasteiger partial charge on any atom is -0.462 e. The van der Waals surface area contributed by atoms with Crippen LogP contribution in [0.25, 0.3) is 0 Å². The Kier molecular flexibility index (Phi) is 46.3. The zero-order valence-corrected chi connectivity index (χ0v) is 39.1. The number of rotatable bonds is 47. The highest BCUT2D eigenvalue weighted by Crippen LogP contribution is 2.16. The lowest BCUT2D eigenvalue weighted by Crippen LogP contribution is -2.30. The van der Waals surface area contributed by atoms with Crippen molar-refractivity contribution in [3.63, 3.8) is 0 Å². The minimum atomic E-state index is -0.759. The molecule has 0 spiro atoms. The van der Waals surface area contributed by atoms with E-state index in [1.165, 1.54) is 180 Å². The Hall–Kier alpha value is -1.85. The average Bonchev–Trinajstić information content (AvgIpc) is 3.22. The molecule has 58 heavy (non-hydrogen) atoms. The van der Waals surface area contributed by atoms with Crippen molar-refractivity contribution in [2.45, 2.75) is 290 Å². The molecule has 0 aliphatic heterocycles. The summed E-state index contributed by atoms with van der Waals surface area (Å²) in [7, 11) is 0. The van der Waals surface area contributed by atoms with Crippen LogP contribution in [-0.4, -0.2) is 37.2 Å². The molecular formula is C52H98O6. The van der Waals surface area contributed by atoms with E-state index in [1.54, 1.807) is 0 Å². The maximum absolute atomic E-state index is 12.6. The molecule has 0 amide bonds. The molecule has 0 aliphatic carbocycles. The predicted octanol–water partition coefficient (Wildman–Crippen LogP) is 16.6. The highest BCUT2D eigenvalue weighted by Gasteiger charge is 2.19. The van der Waals surface area contributed by atoms with Crippen molar-refractivity contribution in [1.82, 2.24) is 0 Å². The van der Waals surface area contributed by atoms with Gasteiger partial charge in [-0.15, -0.1) is 0 Å². The summed E-state index contributed by atoms with van der Waals surface area (Å²) in [6, 6.07) is 0. The van der Waals surface area contributed by atoms with Gasteiger partial charge in [-0.25, -0.2) is 0 Å². The molecule has 0 saturated carbocycles. The summed E-state index contributed by atoms with van der Waals surface area (Å²) >= 11 is 0. The second-order valence-electron chi connectivity index (χ2n) is 17.4. The van der Waals surface area contributed by atoms with Crippen LogP contribution in [0.3, 0.4) is 0 Å². The van der Waals surface area contributed by atoms with Gasteiger partial charge < -0.3 is 14.2 Å². The van der Waals surface area contributed by atoms with Crippen LogP contribution in [0.1, 0.15) is 284 Å². The van der Waals surface area contributed by atoms with E-state index in [1.807, 2.05) is 0 Å². The highest BCUT2D eigenvalue weighted by atomic mass is 16.6. The van der Waals surface area contributed by atoms with E-state index in [4.69, 9.17) is 14.2 Å². The van der Waals surface area contributed by atoms with Crippen LogP contribution in [0.5, 0.6) is 0 Å². The Morgan fingerprint density at radius 3 is 0.862 bits per heavy atom. The van der Waals surface area contributed by atoms with E-state index >= 15 is 0 Å². The molecule has 0 aromatic carbocycles. The number of carbonyl (C=O) groups excluding carboxylic acids is 3. The largest absolute Gasteiger partial charge is 0.462 e. The van der Waals surface area contributed by atoms with Crippen molar-refractivity contribution in [2.24, 2.45) is 0 Å². The molecule has 6 nitrogen and oxygen atoms in total. The third kappa shape index (κ3) is 45.2. The van der Waals surface area contributed by atoms with E-state index < -0.39 is 6.10 Å². The van der Waals surface area contributed by atoms with Gasteiger partial charge in [0.2, 0.25) is 0 Å². The average molecular weight is 819 g/mol. The first kappa shape index (κ1) is 56.1. The van der Waals surface area contributed by atoms with Crippen molar-refractivity contribution in [2.75, 3.05) is 13.2 Å². The summed E-state index contributed by atoms with van der Waals surface area (Å²) in [4.78, 5) is 37.5. The van der Waals surface area contributed by atoms with Crippen LogP contribution in [-0.2, 0) is 28.6 Å². The second-order valence-corrected chi connectivity index (χ2v) is 17.4. The summed E-state index contributed by atoms with van der Waals surface area (Å²) in [6.07, 6.45) is 52.5. The number of carbonyl (C=O) groups is 3. The molecule has 6 heteroatoms. The van der Waals surface area contributed by atoms with Crippen LogP contribution in [0.2, 0.25) is 0 Å². The molecular weight excluding hydrogens is 721 g/mol. The Bertz CT molecular complexity index is 900. The topological polar surface area (TPSA) is 78.9 Å². The number of unbranched alkanes of at least 4 members (excludes halogenated alkanes) is 34. The number of allylic oxidation sites excluding steroid dienone is 2. The number of hydrogen-bond donors (Lipinski definition) is 0. The molecule has 0 fully saturated rings. The molecule has 1 unspecified atom stereocenters. The first-order chi connectivity index (χ1) is 28.5. The standard InChI is InChI=1S/C52H98O6/c1-4-7-10-13-15-17-19-20-21-22-23-24-25-26-27-28-29-30-31-32-33-35-36-39-42-45-51(54)57-48-49(47-56-50(53)44-41-38-12-9-6-3)58-52(55)46-43-40-37-34-18-16-14-11-8-5-2/h22-23,49H,4-21,24-48H2,1-3H3/b23-22-. The zero-order valence-electron chi connectivity index (χ0n) is 39.1. The minimum absolute atomic E-state index is 0.0663. The van der Waals surface area contributed by atoms with Crippen molar-refractivity contribution in [3.05, 3.63) is 12.2 Å². The molecule has 1 atom stereocenters. The van der Waals surface area contributed by atoms with Crippen LogP contribution < -0.4 is 0 Å². The van der Waals surface area contributed by atoms with Gasteiger partial charge in [0.15, 0.2) is 6.10 Å². The monoisotopic (exact) mass is 819 g/mol. The van der Waals surface area contributed by atoms with E-state index in [9.17, 15) is 14.4 Å². The normalized spacial score (nSPS) is 12.0. The van der Waals surface area contributed by atoms with Gasteiger partial charge in [0.05, 0.1) is 0 Å². The molecule has 342 valence electrons.